The molecule has 0 aliphatic heterocycles. The van der Waals surface area contributed by atoms with Gasteiger partial charge in [0, 0.05) is 35.4 Å². The van der Waals surface area contributed by atoms with Crippen molar-refractivity contribution in [2.45, 2.75) is 13.3 Å². The fraction of sp³-hybridized carbons (Fsp3) is 0.179. The number of fused-ring (bicyclic) bond motifs is 2. The number of benzene rings is 3. The van der Waals surface area contributed by atoms with E-state index in [9.17, 15) is 0 Å². The van der Waals surface area contributed by atoms with E-state index in [0.717, 1.165) is 45.2 Å². The first-order valence-corrected chi connectivity index (χ1v) is 11.6. The van der Waals surface area contributed by atoms with Gasteiger partial charge in [0.15, 0.2) is 11.6 Å². The van der Waals surface area contributed by atoms with E-state index in [1.54, 1.807) is 12.3 Å². The van der Waals surface area contributed by atoms with E-state index in [4.69, 9.17) is 9.47 Å². The third-order valence-electron chi connectivity index (χ3n) is 5.99. The lowest BCUT2D eigenvalue weighted by molar-refractivity contribution is 0.344. The third kappa shape index (κ3) is 4.45. The molecule has 0 amide bonds. The Morgan fingerprint density at radius 3 is 2.63 bits per heavy atom. The van der Waals surface area contributed by atoms with Gasteiger partial charge in [0.1, 0.15) is 5.75 Å². The van der Waals surface area contributed by atoms with Crippen LogP contribution in [0.5, 0.6) is 11.5 Å². The topological polar surface area (TPSA) is 71.2 Å². The summed E-state index contributed by atoms with van der Waals surface area (Å²) in [7, 11) is 1.47. The van der Waals surface area contributed by atoms with Crippen LogP contribution in [0, 0.1) is 5.82 Å². The zero-order chi connectivity index (χ0) is 24.2. The highest BCUT2D eigenvalue weighted by atomic mass is 19.1. The van der Waals surface area contributed by atoms with E-state index < -0.39 is 5.82 Å². The quantitative estimate of drug-likeness (QED) is 0.225. The molecular formula is C28H27FN4O2. The molecule has 0 aliphatic carbocycles. The summed E-state index contributed by atoms with van der Waals surface area (Å²) in [5.74, 6) is 0.558. The second kappa shape index (κ2) is 9.93. The Labute approximate surface area is 203 Å². The summed E-state index contributed by atoms with van der Waals surface area (Å²) < 4.78 is 26.5. The normalized spacial score (nSPS) is 11.1. The monoisotopic (exact) mass is 470 g/mol. The van der Waals surface area contributed by atoms with E-state index in [-0.39, 0.29) is 5.75 Å². The number of nitrogens with one attached hydrogen (secondary N) is 3. The molecule has 3 N–H and O–H groups in total. The van der Waals surface area contributed by atoms with Crippen molar-refractivity contribution < 1.29 is 13.9 Å². The molecule has 5 aromatic rings. The van der Waals surface area contributed by atoms with Gasteiger partial charge in [-0.3, -0.25) is 4.98 Å². The lowest BCUT2D eigenvalue weighted by atomic mass is 10.1. The number of nitrogens with zero attached hydrogens (tertiary/aromatic N) is 1. The van der Waals surface area contributed by atoms with Gasteiger partial charge in [-0.05, 0) is 49.2 Å². The Hall–Kier alpha value is -4.26. The highest BCUT2D eigenvalue weighted by molar-refractivity contribution is 5.93. The van der Waals surface area contributed by atoms with E-state index in [2.05, 4.69) is 26.7 Å². The fourth-order valence-corrected chi connectivity index (χ4v) is 4.34. The van der Waals surface area contributed by atoms with E-state index in [1.807, 2.05) is 61.7 Å². The van der Waals surface area contributed by atoms with E-state index in [1.165, 1.54) is 7.11 Å². The Balaban J connectivity index is 1.33. The maximum atomic E-state index is 15.3. The minimum absolute atomic E-state index is 0.157. The molecule has 5 rings (SSSR count). The number of aromatic nitrogens is 2. The van der Waals surface area contributed by atoms with Gasteiger partial charge in [0.2, 0.25) is 0 Å². The standard InChI is InChI=1S/C28H27FN4O2/c1-3-35-25-10-6-8-19-18(17-32-27(19)25)13-15-31-23-11-12-24(28(34-2)26(23)29)33-22-14-16-30-21-9-5-4-7-20(21)22/h4-12,14,16-17,31-32H,3,13,15H2,1-2H3,(H,30,33). The average molecular weight is 471 g/mol. The highest BCUT2D eigenvalue weighted by Crippen LogP contribution is 2.36. The van der Waals surface area contributed by atoms with Crippen LogP contribution in [-0.4, -0.2) is 30.2 Å². The number of hydrogen-bond acceptors (Lipinski definition) is 5. The minimum atomic E-state index is -0.437. The summed E-state index contributed by atoms with van der Waals surface area (Å²) in [4.78, 5) is 7.68. The maximum absolute atomic E-state index is 15.3. The summed E-state index contributed by atoms with van der Waals surface area (Å²) in [6, 6.07) is 19.2. The molecule has 35 heavy (non-hydrogen) atoms. The summed E-state index contributed by atoms with van der Waals surface area (Å²) in [6.07, 6.45) is 4.43. The van der Waals surface area contributed by atoms with Crippen LogP contribution in [0.1, 0.15) is 12.5 Å². The van der Waals surface area contributed by atoms with Crippen LogP contribution in [0.15, 0.2) is 73.1 Å². The van der Waals surface area contributed by atoms with Crippen LogP contribution in [-0.2, 0) is 6.42 Å². The van der Waals surface area contributed by atoms with E-state index in [0.29, 0.717) is 24.5 Å². The smallest absolute Gasteiger partial charge is 0.190 e. The van der Waals surface area contributed by atoms with E-state index >= 15 is 4.39 Å². The second-order valence-electron chi connectivity index (χ2n) is 8.11. The van der Waals surface area contributed by atoms with Crippen molar-refractivity contribution >= 4 is 38.9 Å². The number of hydrogen-bond donors (Lipinski definition) is 3. The molecule has 0 spiro atoms. The largest absolute Gasteiger partial charge is 0.492 e. The molecule has 2 heterocycles. The minimum Gasteiger partial charge on any atom is -0.492 e. The number of pyridine rings is 1. The Morgan fingerprint density at radius 2 is 1.77 bits per heavy atom. The molecule has 178 valence electrons. The number of rotatable bonds is 9. The van der Waals surface area contributed by atoms with Crippen molar-refractivity contribution in [3.63, 3.8) is 0 Å². The summed E-state index contributed by atoms with van der Waals surface area (Å²) in [5.41, 5.74) is 4.76. The SMILES string of the molecule is CCOc1cccc2c(CCNc3ccc(Nc4ccnc5ccccc45)c(OC)c3F)c[nH]c12. The van der Waals surface area contributed by atoms with Crippen molar-refractivity contribution in [1.82, 2.24) is 9.97 Å². The second-order valence-corrected chi connectivity index (χ2v) is 8.11. The molecule has 0 fully saturated rings. The van der Waals surface area contributed by atoms with Gasteiger partial charge in [-0.15, -0.1) is 0 Å². The van der Waals surface area contributed by atoms with Crippen LogP contribution >= 0.6 is 0 Å². The number of halogens is 1. The van der Waals surface area contributed by atoms with Gasteiger partial charge >= 0.3 is 0 Å². The number of anilines is 3. The maximum Gasteiger partial charge on any atom is 0.190 e. The Kier molecular flexibility index (Phi) is 6.39. The van der Waals surface area contributed by atoms with Gasteiger partial charge < -0.3 is 25.1 Å². The number of H-pyrrole nitrogens is 1. The van der Waals surface area contributed by atoms with Gasteiger partial charge in [-0.2, -0.15) is 0 Å². The molecule has 0 aliphatic rings. The number of methoxy groups -OCH3 is 1. The fourth-order valence-electron chi connectivity index (χ4n) is 4.34. The number of ether oxygens (including phenoxy) is 2. The molecule has 0 saturated carbocycles. The first-order valence-electron chi connectivity index (χ1n) is 11.6. The molecule has 0 saturated heterocycles. The summed E-state index contributed by atoms with van der Waals surface area (Å²) in [5, 5.41) is 8.57. The van der Waals surface area contributed by atoms with Crippen molar-refractivity contribution in [1.29, 1.82) is 0 Å². The predicted molar refractivity (Wildman–Crippen MR) is 140 cm³/mol. The summed E-state index contributed by atoms with van der Waals surface area (Å²) in [6.45, 7) is 3.14. The first kappa shape index (κ1) is 22.5. The van der Waals surface area contributed by atoms with Gasteiger partial charge in [0.05, 0.1) is 36.1 Å². The number of aromatic amines is 1. The van der Waals surface area contributed by atoms with Crippen molar-refractivity contribution in [2.24, 2.45) is 0 Å². The molecule has 6 nitrogen and oxygen atoms in total. The van der Waals surface area contributed by atoms with Gasteiger partial charge in [0.25, 0.3) is 0 Å². The highest BCUT2D eigenvalue weighted by Gasteiger charge is 2.16. The average Bonchev–Trinajstić information content (AvgIpc) is 3.30. The van der Waals surface area contributed by atoms with Crippen molar-refractivity contribution in [3.8, 4) is 11.5 Å². The lowest BCUT2D eigenvalue weighted by Gasteiger charge is -2.16. The van der Waals surface area contributed by atoms with Crippen LogP contribution in [0.4, 0.5) is 21.5 Å². The van der Waals surface area contributed by atoms with Crippen LogP contribution < -0.4 is 20.1 Å². The number of para-hydroxylation sites is 2. The van der Waals surface area contributed by atoms with Crippen molar-refractivity contribution in [2.75, 3.05) is 30.9 Å². The Morgan fingerprint density at radius 1 is 0.943 bits per heavy atom. The molecule has 0 atom stereocenters. The van der Waals surface area contributed by atoms with Crippen molar-refractivity contribution in [3.05, 3.63) is 84.4 Å². The molecule has 2 aromatic heterocycles. The third-order valence-corrected chi connectivity index (χ3v) is 5.99. The molecular weight excluding hydrogens is 443 g/mol. The molecule has 7 heteroatoms. The van der Waals surface area contributed by atoms with Gasteiger partial charge in [-0.25, -0.2) is 4.39 Å². The molecule has 0 radical (unpaired) electrons. The van der Waals surface area contributed by atoms with Crippen LogP contribution in [0.25, 0.3) is 21.8 Å². The van der Waals surface area contributed by atoms with Crippen LogP contribution in [0.2, 0.25) is 0 Å². The first-order chi connectivity index (χ1) is 17.2. The van der Waals surface area contributed by atoms with Crippen LogP contribution in [0.3, 0.4) is 0 Å². The summed E-state index contributed by atoms with van der Waals surface area (Å²) >= 11 is 0. The zero-order valence-corrected chi connectivity index (χ0v) is 19.7. The molecule has 0 bridgehead atoms. The molecule has 0 unspecified atom stereocenters. The predicted octanol–water partition coefficient (Wildman–Crippen LogP) is 6.66. The lowest BCUT2D eigenvalue weighted by Crippen LogP contribution is -2.08. The Bertz CT molecular complexity index is 1480. The van der Waals surface area contributed by atoms with Gasteiger partial charge in [-0.1, -0.05) is 30.3 Å². The zero-order valence-electron chi connectivity index (χ0n) is 19.7. The molecule has 3 aromatic carbocycles.